The van der Waals surface area contributed by atoms with Crippen LogP contribution in [0.1, 0.15) is 19.3 Å². The number of hydrogen-bond acceptors (Lipinski definition) is 3. The van der Waals surface area contributed by atoms with Crippen molar-refractivity contribution in [1.82, 2.24) is 0 Å². The van der Waals surface area contributed by atoms with Crippen molar-refractivity contribution in [3.8, 4) is 5.75 Å². The fraction of sp³-hybridized carbons (Fsp3) is 0.455. The molecule has 0 unspecified atom stereocenters. The van der Waals surface area contributed by atoms with Crippen LogP contribution >= 0.6 is 27.5 Å². The summed E-state index contributed by atoms with van der Waals surface area (Å²) in [5, 5.41) is 11.8. The molecule has 0 bridgehead atoms. The van der Waals surface area contributed by atoms with Crippen molar-refractivity contribution in [3.05, 3.63) is 33.3 Å². The van der Waals surface area contributed by atoms with Gasteiger partial charge >= 0.3 is 0 Å². The zero-order valence-electron chi connectivity index (χ0n) is 9.20. The van der Waals surface area contributed by atoms with E-state index in [1.54, 1.807) is 0 Å². The highest BCUT2D eigenvalue weighted by atomic mass is 79.9. The molecule has 6 heteroatoms. The summed E-state index contributed by atoms with van der Waals surface area (Å²) in [6, 6.07) is 4.22. The maximum atomic E-state index is 10.5. The Hall–Kier alpha value is -0.810. The summed E-state index contributed by atoms with van der Waals surface area (Å²) < 4.78 is 5.45. The average molecular weight is 323 g/mol. The van der Waals surface area contributed by atoms with Gasteiger partial charge in [0.1, 0.15) is 5.75 Å². The summed E-state index contributed by atoms with van der Waals surface area (Å²) in [6.45, 7) is 0.574. The molecule has 94 valence electrons. The van der Waals surface area contributed by atoms with Crippen molar-refractivity contribution in [2.24, 2.45) is 0 Å². The van der Waals surface area contributed by atoms with Gasteiger partial charge in [-0.15, -0.1) is 0 Å². The van der Waals surface area contributed by atoms with Gasteiger partial charge in [0.15, 0.2) is 0 Å². The number of benzene rings is 1. The first-order chi connectivity index (χ1) is 8.15. The van der Waals surface area contributed by atoms with Crippen LogP contribution in [0.25, 0.3) is 0 Å². The summed E-state index contributed by atoms with van der Waals surface area (Å²) in [5.41, 5.74) is -0.0263. The fourth-order valence-electron chi connectivity index (χ4n) is 1.28. The number of ether oxygens (including phenoxy) is 1. The van der Waals surface area contributed by atoms with Crippen molar-refractivity contribution in [3.63, 3.8) is 0 Å². The molecule has 1 aromatic carbocycles. The lowest BCUT2D eigenvalue weighted by Crippen LogP contribution is -1.98. The second-order valence-electron chi connectivity index (χ2n) is 3.47. The summed E-state index contributed by atoms with van der Waals surface area (Å²) in [4.78, 5) is 10.0. The van der Waals surface area contributed by atoms with E-state index in [4.69, 9.17) is 16.3 Å². The zero-order chi connectivity index (χ0) is 12.7. The number of hydrogen-bond donors (Lipinski definition) is 0. The molecule has 0 saturated carbocycles. The lowest BCUT2D eigenvalue weighted by molar-refractivity contribution is -0.384. The number of non-ortho nitro benzene ring substituents is 1. The van der Waals surface area contributed by atoms with E-state index >= 15 is 0 Å². The van der Waals surface area contributed by atoms with Crippen LogP contribution in [0.4, 0.5) is 5.69 Å². The molecule has 0 aliphatic rings. The van der Waals surface area contributed by atoms with Crippen LogP contribution in [-0.2, 0) is 0 Å². The number of nitrogens with zero attached hydrogens (tertiary/aromatic N) is 1. The maximum absolute atomic E-state index is 10.5. The lowest BCUT2D eigenvalue weighted by atomic mass is 10.2. The summed E-state index contributed by atoms with van der Waals surface area (Å²) in [7, 11) is 0. The Labute approximate surface area is 113 Å². The predicted molar refractivity (Wildman–Crippen MR) is 71.2 cm³/mol. The summed E-state index contributed by atoms with van der Waals surface area (Å²) >= 11 is 9.23. The van der Waals surface area contributed by atoms with E-state index < -0.39 is 4.92 Å². The fourth-order valence-corrected chi connectivity index (χ4v) is 1.90. The summed E-state index contributed by atoms with van der Waals surface area (Å²) in [5.74, 6) is 0.496. The molecular weight excluding hydrogens is 309 g/mol. The number of alkyl halides is 1. The molecule has 0 fully saturated rings. The SMILES string of the molecule is O=[N+]([O-])c1ccc(OCCCCCBr)c(Cl)c1. The first kappa shape index (κ1) is 14.3. The largest absolute Gasteiger partial charge is 0.492 e. The van der Waals surface area contributed by atoms with Crippen molar-refractivity contribution in [2.75, 3.05) is 11.9 Å². The summed E-state index contributed by atoms with van der Waals surface area (Å²) in [6.07, 6.45) is 3.13. The highest BCUT2D eigenvalue weighted by Gasteiger charge is 2.09. The van der Waals surface area contributed by atoms with Gasteiger partial charge in [-0.2, -0.15) is 0 Å². The highest BCUT2D eigenvalue weighted by molar-refractivity contribution is 9.09. The topological polar surface area (TPSA) is 52.4 Å². The van der Waals surface area contributed by atoms with E-state index in [0.29, 0.717) is 12.4 Å². The molecule has 0 aromatic heterocycles. The standard InChI is InChI=1S/C11H13BrClNO3/c12-6-2-1-3-7-17-11-5-4-9(14(15)16)8-10(11)13/h4-5,8H,1-3,6-7H2. The molecule has 0 spiro atoms. The first-order valence-corrected chi connectivity index (χ1v) is 6.78. The van der Waals surface area contributed by atoms with Crippen LogP contribution in [0.3, 0.4) is 0 Å². The molecule has 0 N–H and O–H groups in total. The minimum absolute atomic E-state index is 0.0263. The van der Waals surface area contributed by atoms with E-state index in [-0.39, 0.29) is 10.7 Å². The van der Waals surface area contributed by atoms with Crippen LogP contribution < -0.4 is 4.74 Å². The van der Waals surface area contributed by atoms with Crippen LogP contribution in [0, 0.1) is 10.1 Å². The number of nitro benzene ring substituents is 1. The maximum Gasteiger partial charge on any atom is 0.271 e. The highest BCUT2D eigenvalue weighted by Crippen LogP contribution is 2.28. The van der Waals surface area contributed by atoms with Gasteiger partial charge in [0.2, 0.25) is 0 Å². The molecule has 0 radical (unpaired) electrons. The Morgan fingerprint density at radius 1 is 1.35 bits per heavy atom. The Balaban J connectivity index is 2.46. The lowest BCUT2D eigenvalue weighted by Gasteiger charge is -2.07. The third-order valence-corrected chi connectivity index (χ3v) is 3.02. The monoisotopic (exact) mass is 321 g/mol. The molecule has 0 aliphatic carbocycles. The van der Waals surface area contributed by atoms with Crippen molar-refractivity contribution in [2.45, 2.75) is 19.3 Å². The second kappa shape index (κ2) is 7.50. The Kier molecular flexibility index (Phi) is 6.29. The minimum atomic E-state index is -0.480. The smallest absolute Gasteiger partial charge is 0.271 e. The van der Waals surface area contributed by atoms with E-state index in [1.165, 1.54) is 18.2 Å². The van der Waals surface area contributed by atoms with Gasteiger partial charge in [-0.05, 0) is 25.3 Å². The molecule has 0 aliphatic heterocycles. The van der Waals surface area contributed by atoms with E-state index in [1.807, 2.05) is 0 Å². The molecule has 0 heterocycles. The Bertz CT molecular complexity index is 387. The normalized spacial score (nSPS) is 10.2. The molecule has 4 nitrogen and oxygen atoms in total. The van der Waals surface area contributed by atoms with Gasteiger partial charge in [0.05, 0.1) is 16.6 Å². The van der Waals surface area contributed by atoms with Gasteiger partial charge in [0.25, 0.3) is 5.69 Å². The van der Waals surface area contributed by atoms with Gasteiger partial charge in [-0.3, -0.25) is 10.1 Å². The quantitative estimate of drug-likeness (QED) is 0.327. The molecule has 1 rings (SSSR count). The number of halogens is 2. The molecule has 0 amide bonds. The third kappa shape index (κ3) is 4.91. The van der Waals surface area contributed by atoms with Crippen LogP contribution in [-0.4, -0.2) is 16.9 Å². The van der Waals surface area contributed by atoms with E-state index in [9.17, 15) is 10.1 Å². The average Bonchev–Trinajstić information content (AvgIpc) is 2.30. The number of unbranched alkanes of at least 4 members (excludes halogenated alkanes) is 2. The molecule has 1 aromatic rings. The molecular formula is C11H13BrClNO3. The van der Waals surface area contributed by atoms with Crippen LogP contribution in [0.5, 0.6) is 5.75 Å². The third-order valence-electron chi connectivity index (χ3n) is 2.16. The van der Waals surface area contributed by atoms with Crippen molar-refractivity contribution in [1.29, 1.82) is 0 Å². The van der Waals surface area contributed by atoms with Gasteiger partial charge in [0, 0.05) is 17.5 Å². The molecule has 0 atom stereocenters. The Morgan fingerprint density at radius 3 is 2.71 bits per heavy atom. The number of rotatable bonds is 7. The van der Waals surface area contributed by atoms with Gasteiger partial charge < -0.3 is 4.74 Å². The van der Waals surface area contributed by atoms with Gasteiger partial charge in [-0.25, -0.2) is 0 Å². The first-order valence-electron chi connectivity index (χ1n) is 5.28. The van der Waals surface area contributed by atoms with E-state index in [0.717, 1.165) is 24.6 Å². The van der Waals surface area contributed by atoms with Gasteiger partial charge in [-0.1, -0.05) is 27.5 Å². The molecule has 0 saturated heterocycles. The van der Waals surface area contributed by atoms with Crippen molar-refractivity contribution < 1.29 is 9.66 Å². The van der Waals surface area contributed by atoms with Crippen LogP contribution in [0.2, 0.25) is 5.02 Å². The predicted octanol–water partition coefficient (Wildman–Crippen LogP) is 4.19. The van der Waals surface area contributed by atoms with Crippen LogP contribution in [0.15, 0.2) is 18.2 Å². The zero-order valence-corrected chi connectivity index (χ0v) is 11.5. The van der Waals surface area contributed by atoms with Crippen molar-refractivity contribution >= 4 is 33.2 Å². The molecule has 17 heavy (non-hydrogen) atoms. The minimum Gasteiger partial charge on any atom is -0.492 e. The Morgan fingerprint density at radius 2 is 2.12 bits per heavy atom. The second-order valence-corrected chi connectivity index (χ2v) is 4.67. The van der Waals surface area contributed by atoms with E-state index in [2.05, 4.69) is 15.9 Å². The number of nitro groups is 1.